The number of quaternary nitrogens is 1. The van der Waals surface area contributed by atoms with Gasteiger partial charge in [0.1, 0.15) is 6.04 Å². The first-order valence-corrected chi connectivity index (χ1v) is 7.54. The van der Waals surface area contributed by atoms with E-state index in [0.717, 1.165) is 11.7 Å². The van der Waals surface area contributed by atoms with Crippen molar-refractivity contribution < 1.29 is 16.9 Å². The number of likely N-dealkylation sites (N-methyl/N-ethyl adjacent to an activating group) is 1. The number of hydrogen-bond donors (Lipinski definition) is 1. The average Bonchev–Trinajstić information content (AvgIpc) is 3.02. The fraction of sp³-hybridized carbons (Fsp3) is 0.625. The van der Waals surface area contributed by atoms with Crippen molar-refractivity contribution in [2.45, 2.75) is 32.2 Å². The normalized spacial score (nSPS) is 24.7. The molecule has 0 bridgehead atoms. The van der Waals surface area contributed by atoms with Crippen molar-refractivity contribution in [2.75, 3.05) is 43.9 Å². The van der Waals surface area contributed by atoms with E-state index in [0.29, 0.717) is 0 Å². The highest BCUT2D eigenvalue weighted by Gasteiger charge is 2.40. The summed E-state index contributed by atoms with van der Waals surface area (Å²) in [5.41, 5.74) is 9.36. The van der Waals surface area contributed by atoms with E-state index < -0.39 is 0 Å². The molecule has 0 amide bonds. The van der Waals surface area contributed by atoms with Gasteiger partial charge in [0.2, 0.25) is 0 Å². The molecule has 1 aromatic rings. The number of nitrogen functional groups attached to an aromatic ring is 1. The number of anilines is 2. The molecule has 0 radical (unpaired) electrons. The molecule has 4 heteroatoms. The van der Waals surface area contributed by atoms with Crippen molar-refractivity contribution in [1.82, 2.24) is 0 Å². The van der Waals surface area contributed by atoms with Gasteiger partial charge in [0.25, 0.3) is 0 Å². The lowest BCUT2D eigenvalue weighted by atomic mass is 10.1. The minimum absolute atomic E-state index is 0. The largest absolute Gasteiger partial charge is 1.00 e. The van der Waals surface area contributed by atoms with Crippen molar-refractivity contribution >= 4 is 11.4 Å². The van der Waals surface area contributed by atoms with Gasteiger partial charge in [-0.15, -0.1) is 0 Å². The van der Waals surface area contributed by atoms with E-state index in [-0.39, 0.29) is 12.4 Å². The first-order chi connectivity index (χ1) is 9.08. The van der Waals surface area contributed by atoms with Gasteiger partial charge in [-0.2, -0.15) is 0 Å². The van der Waals surface area contributed by atoms with Crippen LogP contribution in [-0.2, 0) is 0 Å². The van der Waals surface area contributed by atoms with E-state index in [1.165, 1.54) is 61.2 Å². The number of benzene rings is 1. The standard InChI is InChI=1S/C16H26N3.ClH/c1-13-11-14(5-6-16(13)17)18-8-7-15(12-18)19(2)9-3-4-10-19;/h5-6,11,15H,3-4,7-10,12,17H2,1-2H3;1H/q+1;/p-1. The first kappa shape index (κ1) is 15.5. The topological polar surface area (TPSA) is 29.3 Å². The van der Waals surface area contributed by atoms with Crippen molar-refractivity contribution in [2.24, 2.45) is 0 Å². The van der Waals surface area contributed by atoms with Crippen LogP contribution in [-0.4, -0.2) is 43.8 Å². The number of halogens is 1. The van der Waals surface area contributed by atoms with Crippen molar-refractivity contribution in [1.29, 1.82) is 0 Å². The Morgan fingerprint density at radius 2 is 1.95 bits per heavy atom. The van der Waals surface area contributed by atoms with Crippen molar-refractivity contribution in [3.8, 4) is 0 Å². The zero-order valence-corrected chi connectivity index (χ0v) is 13.4. The van der Waals surface area contributed by atoms with Gasteiger partial charge in [-0.05, 0) is 30.7 Å². The third kappa shape index (κ3) is 2.75. The molecule has 20 heavy (non-hydrogen) atoms. The van der Waals surface area contributed by atoms with Crippen LogP contribution in [0.25, 0.3) is 0 Å². The van der Waals surface area contributed by atoms with Gasteiger partial charge in [0, 0.05) is 37.2 Å². The Morgan fingerprint density at radius 1 is 1.25 bits per heavy atom. The summed E-state index contributed by atoms with van der Waals surface area (Å²) in [5.74, 6) is 0. The zero-order chi connectivity index (χ0) is 13.5. The molecule has 1 unspecified atom stereocenters. The van der Waals surface area contributed by atoms with E-state index in [1.807, 2.05) is 6.07 Å². The molecule has 0 spiro atoms. The molecule has 2 aliphatic rings. The summed E-state index contributed by atoms with van der Waals surface area (Å²) in [6, 6.07) is 7.28. The van der Waals surface area contributed by atoms with Gasteiger partial charge < -0.3 is 27.5 Å². The van der Waals surface area contributed by atoms with Gasteiger partial charge in [0.05, 0.1) is 26.7 Å². The Kier molecular flexibility index (Phi) is 4.50. The Hall–Kier alpha value is -0.930. The maximum absolute atomic E-state index is 5.91. The van der Waals surface area contributed by atoms with E-state index in [2.05, 4.69) is 31.0 Å². The Balaban J connectivity index is 0.00000147. The monoisotopic (exact) mass is 295 g/mol. The predicted octanol–water partition coefficient (Wildman–Crippen LogP) is -0.600. The van der Waals surface area contributed by atoms with E-state index in [4.69, 9.17) is 5.73 Å². The minimum Gasteiger partial charge on any atom is -1.00 e. The number of likely N-dealkylation sites (tertiary alicyclic amines) is 1. The highest BCUT2D eigenvalue weighted by Crippen LogP contribution is 2.30. The second kappa shape index (κ2) is 5.82. The maximum Gasteiger partial charge on any atom is 0.108 e. The van der Waals surface area contributed by atoms with Crippen LogP contribution in [0, 0.1) is 6.92 Å². The minimum atomic E-state index is 0. The van der Waals surface area contributed by atoms with E-state index >= 15 is 0 Å². The third-order valence-corrected chi connectivity index (χ3v) is 5.25. The molecule has 0 aromatic heterocycles. The molecule has 112 valence electrons. The number of rotatable bonds is 2. The second-order valence-corrected chi connectivity index (χ2v) is 6.56. The molecule has 2 aliphatic heterocycles. The quantitative estimate of drug-likeness (QED) is 0.583. The Bertz CT molecular complexity index is 469. The smallest absolute Gasteiger partial charge is 0.108 e. The van der Waals surface area contributed by atoms with Gasteiger partial charge in [-0.1, -0.05) is 0 Å². The molecule has 3 rings (SSSR count). The lowest BCUT2D eigenvalue weighted by molar-refractivity contribution is -0.919. The van der Waals surface area contributed by atoms with Crippen LogP contribution in [0.4, 0.5) is 11.4 Å². The lowest BCUT2D eigenvalue weighted by Crippen LogP contribution is -3.00. The predicted molar refractivity (Wildman–Crippen MR) is 81.4 cm³/mol. The van der Waals surface area contributed by atoms with Crippen LogP contribution in [0.2, 0.25) is 0 Å². The van der Waals surface area contributed by atoms with Crippen LogP contribution in [0.1, 0.15) is 24.8 Å². The van der Waals surface area contributed by atoms with E-state index in [9.17, 15) is 0 Å². The van der Waals surface area contributed by atoms with Crippen LogP contribution in [0.5, 0.6) is 0 Å². The van der Waals surface area contributed by atoms with Crippen LogP contribution in [0.3, 0.4) is 0 Å². The summed E-state index contributed by atoms with van der Waals surface area (Å²) in [4.78, 5) is 2.54. The van der Waals surface area contributed by atoms with Gasteiger partial charge in [0.15, 0.2) is 0 Å². The molecule has 0 saturated carbocycles. The summed E-state index contributed by atoms with van der Waals surface area (Å²) in [6.45, 7) is 7.25. The molecule has 2 fully saturated rings. The number of nitrogens with zero attached hydrogens (tertiary/aromatic N) is 2. The molecule has 2 heterocycles. The van der Waals surface area contributed by atoms with Crippen LogP contribution >= 0.6 is 0 Å². The van der Waals surface area contributed by atoms with Crippen LogP contribution < -0.4 is 23.0 Å². The molecule has 3 nitrogen and oxygen atoms in total. The Labute approximate surface area is 128 Å². The van der Waals surface area contributed by atoms with Crippen LogP contribution in [0.15, 0.2) is 18.2 Å². The number of aryl methyl sites for hydroxylation is 1. The fourth-order valence-corrected chi connectivity index (χ4v) is 3.76. The summed E-state index contributed by atoms with van der Waals surface area (Å²) in [6.07, 6.45) is 4.15. The molecule has 2 N–H and O–H groups in total. The summed E-state index contributed by atoms with van der Waals surface area (Å²) < 4.78 is 1.30. The number of hydrogen-bond acceptors (Lipinski definition) is 2. The number of nitrogens with two attached hydrogens (primary N) is 1. The lowest BCUT2D eigenvalue weighted by Gasteiger charge is -2.35. The highest BCUT2D eigenvalue weighted by atomic mass is 35.5. The highest BCUT2D eigenvalue weighted by molar-refractivity contribution is 5.58. The SMILES string of the molecule is Cc1cc(N2CCC([N+]3(C)CCCC3)C2)ccc1N.[Cl-]. The summed E-state index contributed by atoms with van der Waals surface area (Å²) >= 11 is 0. The zero-order valence-electron chi connectivity index (χ0n) is 12.6. The average molecular weight is 296 g/mol. The third-order valence-electron chi connectivity index (χ3n) is 5.25. The van der Waals surface area contributed by atoms with E-state index in [1.54, 1.807) is 0 Å². The summed E-state index contributed by atoms with van der Waals surface area (Å²) in [7, 11) is 2.45. The molecule has 1 atom stereocenters. The van der Waals surface area contributed by atoms with Gasteiger partial charge in [-0.3, -0.25) is 0 Å². The molecular weight excluding hydrogens is 270 g/mol. The summed E-state index contributed by atoms with van der Waals surface area (Å²) in [5, 5.41) is 0. The molecule has 1 aromatic carbocycles. The van der Waals surface area contributed by atoms with Crippen molar-refractivity contribution in [3.63, 3.8) is 0 Å². The van der Waals surface area contributed by atoms with Gasteiger partial charge >= 0.3 is 0 Å². The van der Waals surface area contributed by atoms with Gasteiger partial charge in [-0.25, -0.2) is 0 Å². The molecule has 0 aliphatic carbocycles. The Morgan fingerprint density at radius 3 is 2.60 bits per heavy atom. The first-order valence-electron chi connectivity index (χ1n) is 7.54. The molecular formula is C16H26ClN3. The fourth-order valence-electron chi connectivity index (χ4n) is 3.76. The second-order valence-electron chi connectivity index (χ2n) is 6.56. The maximum atomic E-state index is 5.91. The van der Waals surface area contributed by atoms with Crippen molar-refractivity contribution in [3.05, 3.63) is 23.8 Å². The molecule has 2 saturated heterocycles.